The fraction of sp³-hybridized carbons (Fsp3) is 0.609. The Kier molecular flexibility index (Phi) is 6.28. The number of likely N-dealkylation sites (tertiary alicyclic amines) is 1. The summed E-state index contributed by atoms with van der Waals surface area (Å²) in [5, 5.41) is 1.35. The van der Waals surface area contributed by atoms with Crippen molar-refractivity contribution < 1.29 is 19.1 Å². The van der Waals surface area contributed by atoms with E-state index in [1.165, 1.54) is 0 Å². The van der Waals surface area contributed by atoms with Gasteiger partial charge in [-0.2, -0.15) is 0 Å². The van der Waals surface area contributed by atoms with Crippen molar-refractivity contribution in [2.75, 3.05) is 39.3 Å². The third-order valence-corrected chi connectivity index (χ3v) is 6.06. The van der Waals surface area contributed by atoms with E-state index in [-0.39, 0.29) is 23.8 Å². The first-order valence-electron chi connectivity index (χ1n) is 11.3. The summed E-state index contributed by atoms with van der Waals surface area (Å²) in [7, 11) is 0. The van der Waals surface area contributed by atoms with Crippen molar-refractivity contribution in [3.63, 3.8) is 0 Å². The monoisotopic (exact) mass is 441 g/mol. The molecule has 9 heteroatoms. The Morgan fingerprint density at radius 3 is 2.16 bits per heavy atom. The van der Waals surface area contributed by atoms with Crippen molar-refractivity contribution in [2.24, 2.45) is 15.9 Å². The molecule has 0 saturated carbocycles. The van der Waals surface area contributed by atoms with E-state index in [0.29, 0.717) is 57.5 Å². The van der Waals surface area contributed by atoms with Crippen LogP contribution in [0.1, 0.15) is 33.6 Å². The third-order valence-electron chi connectivity index (χ3n) is 6.06. The largest absolute Gasteiger partial charge is 0.444 e. The number of piperidine rings is 1. The Hall–Kier alpha value is -2.81. The average molecular weight is 442 g/mol. The lowest BCUT2D eigenvalue weighted by molar-refractivity contribution is -0.139. The summed E-state index contributed by atoms with van der Waals surface area (Å²) >= 11 is 0. The molecule has 2 fully saturated rings. The number of rotatable bonds is 2. The zero-order valence-electron chi connectivity index (χ0n) is 19.0. The molecule has 0 bridgehead atoms. The van der Waals surface area contributed by atoms with Crippen LogP contribution in [0.3, 0.4) is 0 Å². The maximum absolute atomic E-state index is 13.0. The normalized spacial score (nSPS) is 22.6. The smallest absolute Gasteiger partial charge is 0.410 e. The van der Waals surface area contributed by atoms with Gasteiger partial charge in [0.1, 0.15) is 5.60 Å². The number of carbonyl (C=O) groups excluding carboxylic acids is 3. The first-order chi connectivity index (χ1) is 15.2. The first kappa shape index (κ1) is 22.4. The molecular formula is C23H31N5O4. The van der Waals surface area contributed by atoms with Gasteiger partial charge in [-0.05, 0) is 45.7 Å². The van der Waals surface area contributed by atoms with E-state index in [0.717, 1.165) is 5.36 Å². The summed E-state index contributed by atoms with van der Waals surface area (Å²) in [6, 6.07) is 7.39. The maximum Gasteiger partial charge on any atom is 0.410 e. The van der Waals surface area contributed by atoms with E-state index in [1.807, 2.05) is 48.8 Å². The predicted octanol–water partition coefficient (Wildman–Crippen LogP) is 0.583. The molecule has 0 aliphatic carbocycles. The quantitative estimate of drug-likeness (QED) is 0.669. The van der Waals surface area contributed by atoms with Crippen molar-refractivity contribution in [1.29, 1.82) is 0 Å². The van der Waals surface area contributed by atoms with Crippen LogP contribution in [0, 0.1) is 5.92 Å². The summed E-state index contributed by atoms with van der Waals surface area (Å²) in [6.45, 7) is 8.80. The Bertz CT molecular complexity index is 1000. The van der Waals surface area contributed by atoms with Gasteiger partial charge in [0.05, 0.1) is 10.7 Å². The van der Waals surface area contributed by atoms with Crippen molar-refractivity contribution >= 4 is 17.9 Å². The van der Waals surface area contributed by atoms with Gasteiger partial charge in [-0.3, -0.25) is 19.5 Å². The molecular weight excluding hydrogens is 410 g/mol. The number of carbonyl (C=O) groups is 3. The van der Waals surface area contributed by atoms with Crippen molar-refractivity contribution in [1.82, 2.24) is 14.7 Å². The minimum Gasteiger partial charge on any atom is -0.444 e. The van der Waals surface area contributed by atoms with Crippen LogP contribution in [-0.4, -0.2) is 83.6 Å². The van der Waals surface area contributed by atoms with Crippen molar-refractivity contribution in [3.05, 3.63) is 35.0 Å². The average Bonchev–Trinajstić information content (AvgIpc) is 2.77. The number of para-hydroxylation sites is 2. The second-order valence-electron chi connectivity index (χ2n) is 9.54. The van der Waals surface area contributed by atoms with Gasteiger partial charge >= 0.3 is 6.09 Å². The Labute approximate surface area is 187 Å². The minimum atomic E-state index is -0.599. The molecule has 1 unspecified atom stereocenters. The summed E-state index contributed by atoms with van der Waals surface area (Å²) in [5.41, 5.74) is -0.528. The molecule has 1 aromatic carbocycles. The second kappa shape index (κ2) is 8.97. The highest BCUT2D eigenvalue weighted by Crippen LogP contribution is 2.23. The molecule has 0 aromatic heterocycles. The van der Waals surface area contributed by atoms with Gasteiger partial charge in [0.15, 0.2) is 6.17 Å². The summed E-state index contributed by atoms with van der Waals surface area (Å²) < 4.78 is 5.42. The number of nitrogens with zero attached hydrogens (tertiary/aromatic N) is 5. The van der Waals surface area contributed by atoms with Gasteiger partial charge in [0.2, 0.25) is 5.91 Å². The number of fused-ring (bicyclic) bond motifs is 1. The molecule has 3 aliphatic rings. The Balaban J connectivity index is 1.29. The molecule has 4 rings (SSSR count). The van der Waals surface area contributed by atoms with Crippen molar-refractivity contribution in [2.45, 2.75) is 45.4 Å². The highest BCUT2D eigenvalue weighted by Gasteiger charge is 2.35. The topological polar surface area (TPSA) is 94.9 Å². The molecule has 1 aromatic rings. The number of hydrogen-bond acceptors (Lipinski definition) is 6. The summed E-state index contributed by atoms with van der Waals surface area (Å²) in [4.78, 5) is 52.0. The fourth-order valence-corrected chi connectivity index (χ4v) is 4.35. The number of amides is 3. The summed E-state index contributed by atoms with van der Waals surface area (Å²) in [5.74, 6) is -0.176. The fourth-order valence-electron chi connectivity index (χ4n) is 4.35. The van der Waals surface area contributed by atoms with E-state index in [1.54, 1.807) is 11.0 Å². The van der Waals surface area contributed by atoms with E-state index < -0.39 is 11.8 Å². The zero-order valence-corrected chi connectivity index (χ0v) is 19.0. The zero-order chi connectivity index (χ0) is 22.9. The van der Waals surface area contributed by atoms with E-state index in [9.17, 15) is 14.4 Å². The van der Waals surface area contributed by atoms with Crippen LogP contribution >= 0.6 is 0 Å². The molecule has 0 radical (unpaired) electrons. The van der Waals surface area contributed by atoms with Gasteiger partial charge < -0.3 is 14.5 Å². The molecule has 1 atom stereocenters. The lowest BCUT2D eigenvalue weighted by atomic mass is 9.94. The van der Waals surface area contributed by atoms with Crippen molar-refractivity contribution in [3.8, 4) is 0 Å². The number of ether oxygens (including phenoxy) is 1. The van der Waals surface area contributed by atoms with Crippen LogP contribution in [0.25, 0.3) is 0 Å². The number of hydrogen-bond donors (Lipinski definition) is 0. The maximum atomic E-state index is 13.0. The lowest BCUT2D eigenvalue weighted by Gasteiger charge is -2.39. The SMILES string of the molecule is CC(C)(C)OC(=O)N1CCN(C(=O)C2CCN(C3N=c4ccccc4=NC3=O)CC2)CC1. The Morgan fingerprint density at radius 2 is 1.53 bits per heavy atom. The lowest BCUT2D eigenvalue weighted by Crippen LogP contribution is -2.54. The minimum absolute atomic E-state index is 0.0674. The van der Waals surface area contributed by atoms with Gasteiger partial charge in [-0.15, -0.1) is 0 Å². The summed E-state index contributed by atoms with van der Waals surface area (Å²) in [6.07, 6.45) is 0.446. The standard InChI is InChI=1S/C23H31N5O4/c1-23(2,3)32-22(31)28-14-12-27(13-15-28)21(30)16-8-10-26(11-9-16)19-20(29)25-18-7-5-4-6-17(18)24-19/h4-7,16,19H,8-15H2,1-3H3. The van der Waals surface area contributed by atoms with E-state index >= 15 is 0 Å². The van der Waals surface area contributed by atoms with Gasteiger partial charge in [-0.1, -0.05) is 12.1 Å². The van der Waals surface area contributed by atoms with Crippen LogP contribution < -0.4 is 10.7 Å². The van der Waals surface area contributed by atoms with Gasteiger partial charge in [-0.25, -0.2) is 9.79 Å². The molecule has 3 aliphatic heterocycles. The van der Waals surface area contributed by atoms with E-state index in [4.69, 9.17) is 4.74 Å². The van der Waals surface area contributed by atoms with E-state index in [2.05, 4.69) is 9.98 Å². The van der Waals surface area contributed by atoms with Crippen LogP contribution in [0.2, 0.25) is 0 Å². The second-order valence-corrected chi connectivity index (χ2v) is 9.54. The number of benzene rings is 1. The molecule has 3 heterocycles. The van der Waals surface area contributed by atoms with Crippen LogP contribution in [0.15, 0.2) is 34.3 Å². The molecule has 2 saturated heterocycles. The predicted molar refractivity (Wildman–Crippen MR) is 116 cm³/mol. The van der Waals surface area contributed by atoms with Gasteiger partial charge in [0.25, 0.3) is 5.91 Å². The molecule has 0 N–H and O–H groups in total. The Morgan fingerprint density at radius 1 is 0.938 bits per heavy atom. The molecule has 32 heavy (non-hydrogen) atoms. The molecule has 172 valence electrons. The van der Waals surface area contributed by atoms with Crippen LogP contribution in [0.4, 0.5) is 4.79 Å². The molecule has 3 amide bonds. The highest BCUT2D eigenvalue weighted by molar-refractivity contribution is 5.83. The van der Waals surface area contributed by atoms with Crippen LogP contribution in [0.5, 0.6) is 0 Å². The number of piperazine rings is 1. The molecule has 9 nitrogen and oxygen atoms in total. The third kappa shape index (κ3) is 4.98. The van der Waals surface area contributed by atoms with Gasteiger partial charge in [0, 0.05) is 45.2 Å². The molecule has 0 spiro atoms. The first-order valence-corrected chi connectivity index (χ1v) is 11.3. The highest BCUT2D eigenvalue weighted by atomic mass is 16.6. The van der Waals surface area contributed by atoms with Crippen LogP contribution in [-0.2, 0) is 14.3 Å².